The van der Waals surface area contributed by atoms with E-state index < -0.39 is 17.6 Å². The molecule has 1 aliphatic heterocycles. The standard InChI is InChI=1S/C25H27F3N6O3/c26-25(27,28)19-12-18(14-29-15-19)24(36)32-20-16-31-33-23(20)21(35)5-3-4-17-6-7-22(30-13-17)37-11-10-34-8-1-2-9-34/h6-7,12-16H,1-5,8-11H2,(H,31,33)(H,32,36). The Balaban J connectivity index is 1.24. The summed E-state index contributed by atoms with van der Waals surface area (Å²) in [5.41, 5.74) is -0.210. The van der Waals surface area contributed by atoms with E-state index in [0.717, 1.165) is 31.4 Å². The van der Waals surface area contributed by atoms with E-state index in [1.807, 2.05) is 12.1 Å². The average molecular weight is 517 g/mol. The minimum atomic E-state index is -4.63. The summed E-state index contributed by atoms with van der Waals surface area (Å²) in [6.45, 7) is 3.72. The first kappa shape index (κ1) is 26.3. The van der Waals surface area contributed by atoms with Crippen molar-refractivity contribution in [2.45, 2.75) is 38.3 Å². The Morgan fingerprint density at radius 2 is 1.92 bits per heavy atom. The number of carbonyl (C=O) groups is 2. The molecular formula is C25H27F3N6O3. The lowest BCUT2D eigenvalue weighted by molar-refractivity contribution is -0.137. The van der Waals surface area contributed by atoms with Crippen LogP contribution >= 0.6 is 0 Å². The van der Waals surface area contributed by atoms with Crippen LogP contribution in [0.25, 0.3) is 0 Å². The molecule has 0 atom stereocenters. The van der Waals surface area contributed by atoms with E-state index in [0.29, 0.717) is 37.6 Å². The number of aromatic nitrogens is 4. The van der Waals surface area contributed by atoms with Crippen LogP contribution in [-0.4, -0.2) is 63.0 Å². The van der Waals surface area contributed by atoms with Gasteiger partial charge in [-0.25, -0.2) is 4.98 Å². The number of ketones is 1. The predicted molar refractivity (Wildman–Crippen MR) is 128 cm³/mol. The highest BCUT2D eigenvalue weighted by atomic mass is 19.4. The van der Waals surface area contributed by atoms with Crippen molar-refractivity contribution < 1.29 is 27.5 Å². The van der Waals surface area contributed by atoms with Gasteiger partial charge < -0.3 is 10.1 Å². The molecular weight excluding hydrogens is 489 g/mol. The summed E-state index contributed by atoms with van der Waals surface area (Å²) < 4.78 is 44.4. The SMILES string of the molecule is O=C(Nc1cn[nH]c1C(=O)CCCc1ccc(OCCN2CCCC2)nc1)c1cncc(C(F)(F)F)c1. The van der Waals surface area contributed by atoms with Crippen LogP contribution in [0, 0.1) is 0 Å². The number of anilines is 1. The van der Waals surface area contributed by atoms with E-state index in [1.54, 1.807) is 6.20 Å². The van der Waals surface area contributed by atoms with Crippen LogP contribution in [-0.2, 0) is 12.6 Å². The number of pyridine rings is 2. The second-order valence-corrected chi connectivity index (χ2v) is 8.75. The van der Waals surface area contributed by atoms with Crippen molar-refractivity contribution in [3.63, 3.8) is 0 Å². The maximum absolute atomic E-state index is 12.9. The van der Waals surface area contributed by atoms with Crippen molar-refractivity contribution in [1.29, 1.82) is 0 Å². The molecule has 0 spiro atoms. The summed E-state index contributed by atoms with van der Waals surface area (Å²) in [7, 11) is 0. The van der Waals surface area contributed by atoms with Gasteiger partial charge >= 0.3 is 6.18 Å². The zero-order valence-corrected chi connectivity index (χ0v) is 20.1. The van der Waals surface area contributed by atoms with Crippen molar-refractivity contribution in [2.75, 3.05) is 31.6 Å². The number of nitrogens with one attached hydrogen (secondary N) is 2. The number of hydrogen-bond donors (Lipinski definition) is 2. The van der Waals surface area contributed by atoms with Crippen LogP contribution in [0.2, 0.25) is 0 Å². The fourth-order valence-corrected chi connectivity index (χ4v) is 4.01. The molecule has 4 heterocycles. The van der Waals surface area contributed by atoms with Crippen molar-refractivity contribution >= 4 is 17.4 Å². The number of ether oxygens (including phenoxy) is 1. The molecule has 0 aliphatic carbocycles. The summed E-state index contributed by atoms with van der Waals surface area (Å²) in [6, 6.07) is 4.42. The minimum Gasteiger partial charge on any atom is -0.476 e. The smallest absolute Gasteiger partial charge is 0.417 e. The highest BCUT2D eigenvalue weighted by molar-refractivity contribution is 6.08. The predicted octanol–water partition coefficient (Wildman–Crippen LogP) is 4.15. The summed E-state index contributed by atoms with van der Waals surface area (Å²) in [5, 5.41) is 8.77. The van der Waals surface area contributed by atoms with Gasteiger partial charge in [0.2, 0.25) is 5.88 Å². The van der Waals surface area contributed by atoms with Gasteiger partial charge in [-0.15, -0.1) is 0 Å². The van der Waals surface area contributed by atoms with Crippen LogP contribution < -0.4 is 10.1 Å². The Morgan fingerprint density at radius 3 is 2.65 bits per heavy atom. The van der Waals surface area contributed by atoms with E-state index in [1.165, 1.54) is 19.0 Å². The van der Waals surface area contributed by atoms with Crippen LogP contribution in [0.1, 0.15) is 57.7 Å². The van der Waals surface area contributed by atoms with Gasteiger partial charge in [-0.05, 0) is 50.4 Å². The molecule has 3 aromatic heterocycles. The van der Waals surface area contributed by atoms with Gasteiger partial charge in [0.1, 0.15) is 12.3 Å². The monoisotopic (exact) mass is 516 g/mol. The fraction of sp³-hybridized carbons (Fsp3) is 0.400. The van der Waals surface area contributed by atoms with Crippen molar-refractivity contribution in [2.24, 2.45) is 0 Å². The van der Waals surface area contributed by atoms with E-state index >= 15 is 0 Å². The van der Waals surface area contributed by atoms with Gasteiger partial charge in [-0.3, -0.25) is 24.6 Å². The van der Waals surface area contributed by atoms with Gasteiger partial charge in [0, 0.05) is 37.6 Å². The average Bonchev–Trinajstić information content (AvgIpc) is 3.57. The molecule has 12 heteroatoms. The molecule has 0 unspecified atom stereocenters. The lowest BCUT2D eigenvalue weighted by Gasteiger charge is -2.14. The fourth-order valence-electron chi connectivity index (χ4n) is 4.01. The van der Waals surface area contributed by atoms with Crippen molar-refractivity contribution in [1.82, 2.24) is 25.1 Å². The molecule has 37 heavy (non-hydrogen) atoms. The summed E-state index contributed by atoms with van der Waals surface area (Å²) in [4.78, 5) is 35.3. The number of H-pyrrole nitrogens is 1. The van der Waals surface area contributed by atoms with Crippen LogP contribution in [0.3, 0.4) is 0 Å². The highest BCUT2D eigenvalue weighted by Crippen LogP contribution is 2.29. The maximum atomic E-state index is 12.9. The Hall–Kier alpha value is -3.80. The highest BCUT2D eigenvalue weighted by Gasteiger charge is 2.31. The lowest BCUT2D eigenvalue weighted by Crippen LogP contribution is -2.25. The Kier molecular flexibility index (Phi) is 8.49. The third-order valence-electron chi connectivity index (χ3n) is 6.02. The number of carbonyl (C=O) groups excluding carboxylic acids is 2. The molecule has 0 bridgehead atoms. The molecule has 1 amide bonds. The van der Waals surface area contributed by atoms with Gasteiger partial charge in [0.25, 0.3) is 5.91 Å². The molecule has 9 nitrogen and oxygen atoms in total. The maximum Gasteiger partial charge on any atom is 0.417 e. The number of aryl methyl sites for hydroxylation is 1. The van der Waals surface area contributed by atoms with E-state index in [4.69, 9.17) is 4.74 Å². The molecule has 4 rings (SSSR count). The first-order valence-electron chi connectivity index (χ1n) is 12.0. The van der Waals surface area contributed by atoms with E-state index in [-0.39, 0.29) is 29.1 Å². The number of rotatable bonds is 11. The molecule has 0 saturated carbocycles. The number of Topliss-reactive ketones (excluding diaryl/α,β-unsaturated/α-hetero) is 1. The number of halogens is 3. The largest absolute Gasteiger partial charge is 0.476 e. The summed E-state index contributed by atoms with van der Waals surface area (Å²) in [6.07, 6.45) is 3.77. The second kappa shape index (κ2) is 12.0. The zero-order chi connectivity index (χ0) is 26.3. The quantitative estimate of drug-likeness (QED) is 0.368. The van der Waals surface area contributed by atoms with Gasteiger partial charge in [-0.2, -0.15) is 18.3 Å². The van der Waals surface area contributed by atoms with Gasteiger partial charge in [0.15, 0.2) is 5.78 Å². The Labute approximate surface area is 211 Å². The molecule has 196 valence electrons. The van der Waals surface area contributed by atoms with Gasteiger partial charge in [-0.1, -0.05) is 6.07 Å². The number of aromatic amines is 1. The topological polar surface area (TPSA) is 113 Å². The van der Waals surface area contributed by atoms with Crippen molar-refractivity contribution in [3.8, 4) is 5.88 Å². The number of likely N-dealkylation sites (tertiary alicyclic amines) is 1. The van der Waals surface area contributed by atoms with Crippen LogP contribution in [0.4, 0.5) is 18.9 Å². The van der Waals surface area contributed by atoms with E-state index in [2.05, 4.69) is 30.4 Å². The van der Waals surface area contributed by atoms with Gasteiger partial charge in [0.05, 0.1) is 23.0 Å². The minimum absolute atomic E-state index is 0.0770. The molecule has 0 aromatic carbocycles. The van der Waals surface area contributed by atoms with Crippen LogP contribution in [0.15, 0.2) is 43.0 Å². The normalized spacial score (nSPS) is 14.0. The number of hydrogen-bond acceptors (Lipinski definition) is 7. The second-order valence-electron chi connectivity index (χ2n) is 8.75. The molecule has 1 saturated heterocycles. The van der Waals surface area contributed by atoms with Crippen LogP contribution in [0.5, 0.6) is 5.88 Å². The first-order valence-corrected chi connectivity index (χ1v) is 12.0. The molecule has 3 aromatic rings. The summed E-state index contributed by atoms with van der Waals surface area (Å²) in [5.74, 6) is -0.555. The molecule has 1 fully saturated rings. The zero-order valence-electron chi connectivity index (χ0n) is 20.1. The number of nitrogens with zero attached hydrogens (tertiary/aromatic N) is 4. The molecule has 1 aliphatic rings. The van der Waals surface area contributed by atoms with E-state index in [9.17, 15) is 22.8 Å². The third-order valence-corrected chi connectivity index (χ3v) is 6.02. The Bertz CT molecular complexity index is 1210. The number of amides is 1. The lowest BCUT2D eigenvalue weighted by atomic mass is 10.1. The molecule has 2 N–H and O–H groups in total. The number of alkyl halides is 3. The molecule has 0 radical (unpaired) electrons. The third kappa shape index (κ3) is 7.35. The summed E-state index contributed by atoms with van der Waals surface area (Å²) >= 11 is 0. The Morgan fingerprint density at radius 1 is 1.11 bits per heavy atom. The first-order chi connectivity index (χ1) is 17.8. The van der Waals surface area contributed by atoms with Crippen molar-refractivity contribution in [3.05, 3.63) is 65.4 Å².